The molecule has 0 spiro atoms. The van der Waals surface area contributed by atoms with Crippen LogP contribution in [0.1, 0.15) is 85.0 Å². The summed E-state index contributed by atoms with van der Waals surface area (Å²) in [5.74, 6) is 0.918. The first-order chi connectivity index (χ1) is 14.7. The number of aromatic nitrogens is 1. The summed E-state index contributed by atoms with van der Waals surface area (Å²) in [6.07, 6.45) is 15.4. The lowest BCUT2D eigenvalue weighted by Crippen LogP contribution is -2.48. The summed E-state index contributed by atoms with van der Waals surface area (Å²) in [7, 11) is 0. The number of para-hydroxylation sites is 1. The number of fused-ring (bicyclic) bond motifs is 1. The Morgan fingerprint density at radius 2 is 1.27 bits per heavy atom. The molecule has 0 atom stereocenters. The summed E-state index contributed by atoms with van der Waals surface area (Å²) in [5.41, 5.74) is 0.976. The molecule has 0 fully saturated rings. The quantitative estimate of drug-likeness (QED) is 0.199. The van der Waals surface area contributed by atoms with Gasteiger partial charge in [-0.2, -0.15) is 0 Å². The fraction of sp³-hybridized carbons (Fsp3) is 0.667. The van der Waals surface area contributed by atoms with E-state index in [0.717, 1.165) is 29.7 Å². The molecule has 1 aromatic heterocycles. The van der Waals surface area contributed by atoms with Gasteiger partial charge in [0.05, 0.1) is 32.8 Å². The molecule has 30 heavy (non-hydrogen) atoms. The molecule has 0 radical (unpaired) electrons. The van der Waals surface area contributed by atoms with E-state index in [0.29, 0.717) is 0 Å². The fourth-order valence-corrected chi connectivity index (χ4v) is 4.48. The number of nitrogens with zero attached hydrogens (tertiary/aromatic N) is 2. The van der Waals surface area contributed by atoms with Gasteiger partial charge in [-0.25, -0.2) is 0 Å². The largest absolute Gasteiger partial charge is 0.491 e. The lowest BCUT2D eigenvalue weighted by Gasteiger charge is -2.35. The van der Waals surface area contributed by atoms with Gasteiger partial charge in [0.2, 0.25) is 0 Å². The zero-order valence-corrected chi connectivity index (χ0v) is 19.9. The van der Waals surface area contributed by atoms with E-state index in [2.05, 4.69) is 37.9 Å². The summed E-state index contributed by atoms with van der Waals surface area (Å²) in [6.45, 7) is 13.1. The number of hydrogen-bond acceptors (Lipinski definition) is 2. The van der Waals surface area contributed by atoms with Crippen LogP contribution < -0.4 is 4.74 Å². The van der Waals surface area contributed by atoms with Crippen LogP contribution in [0.2, 0.25) is 0 Å². The van der Waals surface area contributed by atoms with Gasteiger partial charge in [0.1, 0.15) is 11.3 Å². The predicted molar refractivity (Wildman–Crippen MR) is 130 cm³/mol. The lowest BCUT2D eigenvalue weighted by atomic mass is 10.1. The lowest BCUT2D eigenvalue weighted by molar-refractivity contribution is -0.923. The van der Waals surface area contributed by atoms with Crippen LogP contribution in [0.3, 0.4) is 0 Å². The standard InChI is InChI=1S/C27H45N2O/c1-4-29(5-2,6-3)23-15-13-11-9-7-8-10-12-14-16-24-30-26-21-17-19-25-20-18-22-28-27(25)26/h17-22H,4-16,23-24H2,1-3H3/q+1. The van der Waals surface area contributed by atoms with Crippen LogP contribution in [0.4, 0.5) is 0 Å². The van der Waals surface area contributed by atoms with E-state index in [1.54, 1.807) is 0 Å². The van der Waals surface area contributed by atoms with Crippen molar-refractivity contribution < 1.29 is 9.22 Å². The smallest absolute Gasteiger partial charge is 0.145 e. The number of pyridine rings is 1. The Morgan fingerprint density at radius 1 is 0.700 bits per heavy atom. The molecule has 0 N–H and O–H groups in total. The topological polar surface area (TPSA) is 22.1 Å². The van der Waals surface area contributed by atoms with Crippen LogP contribution in [0.15, 0.2) is 36.5 Å². The number of hydrogen-bond donors (Lipinski definition) is 0. The third-order valence-electron chi connectivity index (χ3n) is 6.89. The van der Waals surface area contributed by atoms with E-state index in [9.17, 15) is 0 Å². The highest BCUT2D eigenvalue weighted by Crippen LogP contribution is 2.23. The van der Waals surface area contributed by atoms with Crippen molar-refractivity contribution in [2.45, 2.75) is 85.0 Å². The predicted octanol–water partition coefficient (Wildman–Crippen LogP) is 7.39. The molecule has 2 rings (SSSR count). The van der Waals surface area contributed by atoms with Gasteiger partial charge in [0.25, 0.3) is 0 Å². The van der Waals surface area contributed by atoms with Crippen LogP contribution in [-0.2, 0) is 0 Å². The van der Waals surface area contributed by atoms with Crippen LogP contribution in [0.25, 0.3) is 10.9 Å². The first-order valence-electron chi connectivity index (χ1n) is 12.6. The number of rotatable bonds is 17. The van der Waals surface area contributed by atoms with E-state index < -0.39 is 0 Å². The van der Waals surface area contributed by atoms with Crippen molar-refractivity contribution >= 4 is 10.9 Å². The minimum Gasteiger partial charge on any atom is -0.491 e. The first-order valence-corrected chi connectivity index (χ1v) is 12.6. The van der Waals surface area contributed by atoms with Gasteiger partial charge in [0.15, 0.2) is 0 Å². The Morgan fingerprint density at radius 3 is 1.90 bits per heavy atom. The van der Waals surface area contributed by atoms with Gasteiger partial charge in [-0.05, 0) is 52.2 Å². The number of benzene rings is 1. The highest BCUT2D eigenvalue weighted by Gasteiger charge is 2.19. The van der Waals surface area contributed by atoms with Crippen molar-refractivity contribution in [3.05, 3.63) is 36.5 Å². The molecule has 168 valence electrons. The minimum absolute atomic E-state index is 0.795. The zero-order valence-electron chi connectivity index (χ0n) is 19.9. The summed E-state index contributed by atoms with van der Waals surface area (Å²) in [6, 6.07) is 10.2. The Hall–Kier alpha value is -1.61. The molecule has 0 aliphatic carbocycles. The summed E-state index contributed by atoms with van der Waals surface area (Å²) >= 11 is 0. The van der Waals surface area contributed by atoms with Crippen LogP contribution in [0.5, 0.6) is 5.75 Å². The minimum atomic E-state index is 0.795. The molecular weight excluding hydrogens is 368 g/mol. The van der Waals surface area contributed by atoms with Crippen LogP contribution >= 0.6 is 0 Å². The molecule has 0 bridgehead atoms. The second-order valence-electron chi connectivity index (χ2n) is 8.73. The highest BCUT2D eigenvalue weighted by molar-refractivity contribution is 5.84. The Balaban J connectivity index is 1.43. The van der Waals surface area contributed by atoms with Crippen molar-refractivity contribution in [3.63, 3.8) is 0 Å². The summed E-state index contributed by atoms with van der Waals surface area (Å²) < 4.78 is 7.29. The van der Waals surface area contributed by atoms with E-state index in [1.807, 2.05) is 24.4 Å². The maximum atomic E-state index is 5.99. The SMILES string of the molecule is CC[N+](CC)(CC)CCCCCCCCCCCCOc1cccc2cccnc12. The molecule has 3 nitrogen and oxygen atoms in total. The van der Waals surface area contributed by atoms with E-state index >= 15 is 0 Å². The van der Waals surface area contributed by atoms with E-state index in [-0.39, 0.29) is 0 Å². The Kier molecular flexibility index (Phi) is 11.8. The second-order valence-corrected chi connectivity index (χ2v) is 8.73. The summed E-state index contributed by atoms with van der Waals surface area (Å²) in [5, 5.41) is 1.15. The van der Waals surface area contributed by atoms with Gasteiger partial charge in [-0.3, -0.25) is 4.98 Å². The van der Waals surface area contributed by atoms with Crippen LogP contribution in [-0.4, -0.2) is 42.3 Å². The molecule has 1 heterocycles. The molecule has 0 saturated heterocycles. The molecular formula is C27H45N2O+. The summed E-state index contributed by atoms with van der Waals surface area (Å²) in [4.78, 5) is 4.46. The van der Waals surface area contributed by atoms with Crippen molar-refractivity contribution in [1.82, 2.24) is 4.98 Å². The van der Waals surface area contributed by atoms with Crippen LogP contribution in [0, 0.1) is 0 Å². The van der Waals surface area contributed by atoms with Crippen molar-refractivity contribution in [1.29, 1.82) is 0 Å². The van der Waals surface area contributed by atoms with Gasteiger partial charge in [-0.1, -0.05) is 63.1 Å². The second kappa shape index (κ2) is 14.4. The molecule has 1 aromatic carbocycles. The van der Waals surface area contributed by atoms with E-state index in [1.165, 1.54) is 88.4 Å². The average Bonchev–Trinajstić information content (AvgIpc) is 2.80. The Bertz CT molecular complexity index is 683. The molecule has 0 aliphatic heterocycles. The van der Waals surface area contributed by atoms with Gasteiger partial charge in [0, 0.05) is 11.6 Å². The monoisotopic (exact) mass is 413 g/mol. The van der Waals surface area contributed by atoms with E-state index in [4.69, 9.17) is 4.74 Å². The maximum absolute atomic E-state index is 5.99. The molecule has 0 aliphatic rings. The van der Waals surface area contributed by atoms with Gasteiger partial charge < -0.3 is 9.22 Å². The number of quaternary nitrogens is 1. The maximum Gasteiger partial charge on any atom is 0.145 e. The fourth-order valence-electron chi connectivity index (χ4n) is 4.48. The number of ether oxygens (including phenoxy) is 1. The third kappa shape index (κ3) is 8.26. The molecule has 2 aromatic rings. The Labute approximate surface area is 185 Å². The normalized spacial score (nSPS) is 11.8. The average molecular weight is 414 g/mol. The molecule has 0 unspecified atom stereocenters. The van der Waals surface area contributed by atoms with Crippen molar-refractivity contribution in [2.24, 2.45) is 0 Å². The zero-order chi connectivity index (χ0) is 21.5. The molecule has 0 saturated carbocycles. The first kappa shape index (κ1) is 24.7. The molecule has 3 heteroatoms. The van der Waals surface area contributed by atoms with Gasteiger partial charge >= 0.3 is 0 Å². The molecule has 0 amide bonds. The number of unbranched alkanes of at least 4 members (excludes halogenated alkanes) is 9. The highest BCUT2D eigenvalue weighted by atomic mass is 16.5. The third-order valence-corrected chi connectivity index (χ3v) is 6.89. The van der Waals surface area contributed by atoms with Gasteiger partial charge in [-0.15, -0.1) is 0 Å². The van der Waals surface area contributed by atoms with Crippen molar-refractivity contribution in [3.8, 4) is 5.75 Å². The van der Waals surface area contributed by atoms with Crippen molar-refractivity contribution in [2.75, 3.05) is 32.8 Å².